The van der Waals surface area contributed by atoms with E-state index in [1.807, 2.05) is 0 Å². The molecule has 0 aromatic carbocycles. The topological polar surface area (TPSA) is 97.5 Å². The Kier molecular flexibility index (Phi) is 3.99. The number of carboxylic acids is 1. The smallest absolute Gasteiger partial charge is 0.309 e. The van der Waals surface area contributed by atoms with Crippen LogP contribution in [0, 0.1) is 0 Å². The number of hydrogen-bond acceptors (Lipinski definition) is 8. The molecule has 3 aromatic rings. The summed E-state index contributed by atoms with van der Waals surface area (Å²) in [6.07, 6.45) is -0.0799. The number of thiazole rings is 1. The van der Waals surface area contributed by atoms with Crippen LogP contribution in [0.25, 0.3) is 4.96 Å². The van der Waals surface area contributed by atoms with Crippen molar-refractivity contribution in [3.05, 3.63) is 38.7 Å². The van der Waals surface area contributed by atoms with Gasteiger partial charge in [0.05, 0.1) is 17.8 Å². The summed E-state index contributed by atoms with van der Waals surface area (Å²) in [5.41, 5.74) is 2.56. The number of rotatable bonds is 5. The Morgan fingerprint density at radius 3 is 3.00 bits per heavy atom. The number of aliphatic carboxylic acids is 1. The van der Waals surface area contributed by atoms with Crippen LogP contribution in [0.3, 0.4) is 0 Å². The molecule has 0 saturated heterocycles. The van der Waals surface area contributed by atoms with Crippen LogP contribution in [-0.2, 0) is 17.0 Å². The van der Waals surface area contributed by atoms with E-state index in [4.69, 9.17) is 5.11 Å². The molecule has 0 fully saturated rings. The predicted octanol–water partition coefficient (Wildman–Crippen LogP) is 1.53. The van der Waals surface area contributed by atoms with E-state index in [0.717, 1.165) is 4.34 Å². The third kappa shape index (κ3) is 3.28. The molecule has 0 aliphatic heterocycles. The van der Waals surface area contributed by atoms with Crippen LogP contribution in [-0.4, -0.2) is 30.7 Å². The zero-order chi connectivity index (χ0) is 14.8. The monoisotopic (exact) mass is 340 g/mol. The van der Waals surface area contributed by atoms with Gasteiger partial charge in [0.2, 0.25) is 4.96 Å². The largest absolute Gasteiger partial charge is 0.481 e. The predicted molar refractivity (Wildman–Crippen MR) is 80.1 cm³/mol. The van der Waals surface area contributed by atoms with Crippen molar-refractivity contribution in [1.29, 1.82) is 0 Å². The van der Waals surface area contributed by atoms with Crippen molar-refractivity contribution >= 4 is 45.4 Å². The molecule has 1 N–H and O–H groups in total. The van der Waals surface area contributed by atoms with Gasteiger partial charge in [0.15, 0.2) is 4.34 Å². The zero-order valence-corrected chi connectivity index (χ0v) is 12.9. The van der Waals surface area contributed by atoms with Gasteiger partial charge in [0, 0.05) is 17.2 Å². The van der Waals surface area contributed by atoms with Gasteiger partial charge in [-0.1, -0.05) is 23.1 Å². The average molecular weight is 340 g/mol. The van der Waals surface area contributed by atoms with Crippen molar-refractivity contribution in [1.82, 2.24) is 19.6 Å². The second kappa shape index (κ2) is 5.92. The second-order valence-electron chi connectivity index (χ2n) is 3.98. The van der Waals surface area contributed by atoms with Crippen LogP contribution in [0.4, 0.5) is 0 Å². The van der Waals surface area contributed by atoms with Gasteiger partial charge in [-0.3, -0.25) is 9.59 Å². The lowest BCUT2D eigenvalue weighted by Gasteiger charge is -1.98. The van der Waals surface area contributed by atoms with Gasteiger partial charge < -0.3 is 5.11 Å². The van der Waals surface area contributed by atoms with Crippen molar-refractivity contribution in [2.75, 3.05) is 0 Å². The molecule has 3 aromatic heterocycles. The Labute approximate surface area is 130 Å². The number of carboxylic acid groups (broad SMARTS) is 1. The van der Waals surface area contributed by atoms with E-state index in [2.05, 4.69) is 15.1 Å². The van der Waals surface area contributed by atoms with Gasteiger partial charge in [-0.2, -0.15) is 9.61 Å². The highest BCUT2D eigenvalue weighted by molar-refractivity contribution is 8.00. The maximum absolute atomic E-state index is 11.8. The minimum Gasteiger partial charge on any atom is -0.481 e. The first-order valence-corrected chi connectivity index (χ1v) is 8.48. The molecule has 7 nitrogen and oxygen atoms in total. The summed E-state index contributed by atoms with van der Waals surface area (Å²) in [6.45, 7) is 0. The van der Waals surface area contributed by atoms with Crippen LogP contribution >= 0.6 is 34.4 Å². The molecule has 0 spiro atoms. The minimum atomic E-state index is -0.901. The summed E-state index contributed by atoms with van der Waals surface area (Å²) < 4.78 is 2.02. The zero-order valence-electron chi connectivity index (χ0n) is 10.4. The van der Waals surface area contributed by atoms with E-state index in [9.17, 15) is 9.59 Å². The highest BCUT2D eigenvalue weighted by atomic mass is 32.2. The Hall–Kier alpha value is -1.78. The standard InChI is InChI=1S/C11H8N4O3S3/c16-8-1-6(13-10-15(8)12-5-21-10)3-19-11-14-7(4-20-11)2-9(17)18/h1,4-5H,2-3H2,(H,17,18). The first-order chi connectivity index (χ1) is 10.1. The third-order valence-corrected chi connectivity index (χ3v) is 5.22. The van der Waals surface area contributed by atoms with Crippen LogP contribution < -0.4 is 5.56 Å². The minimum absolute atomic E-state index is 0.0799. The molecule has 0 aliphatic carbocycles. The number of aromatic nitrogens is 4. The number of thioether (sulfide) groups is 1. The van der Waals surface area contributed by atoms with Gasteiger partial charge in [0.1, 0.15) is 5.51 Å². The fourth-order valence-electron chi connectivity index (χ4n) is 1.60. The molecule has 0 saturated carbocycles. The summed E-state index contributed by atoms with van der Waals surface area (Å²) in [5, 5.41) is 14.3. The molecule has 21 heavy (non-hydrogen) atoms. The maximum Gasteiger partial charge on any atom is 0.309 e. The number of nitrogens with zero attached hydrogens (tertiary/aromatic N) is 4. The lowest BCUT2D eigenvalue weighted by Crippen LogP contribution is -2.14. The van der Waals surface area contributed by atoms with Gasteiger partial charge in [-0.25, -0.2) is 9.97 Å². The first kappa shape index (κ1) is 14.2. The summed E-state index contributed by atoms with van der Waals surface area (Å²) in [4.78, 5) is 31.5. The van der Waals surface area contributed by atoms with E-state index in [0.29, 0.717) is 22.1 Å². The van der Waals surface area contributed by atoms with E-state index in [1.54, 1.807) is 10.9 Å². The molecule has 0 atom stereocenters. The van der Waals surface area contributed by atoms with E-state index >= 15 is 0 Å². The molecule has 3 heterocycles. The fourth-order valence-corrected chi connectivity index (χ4v) is 3.98. The van der Waals surface area contributed by atoms with Gasteiger partial charge in [-0.05, 0) is 0 Å². The summed E-state index contributed by atoms with van der Waals surface area (Å²) in [7, 11) is 0. The third-order valence-electron chi connectivity index (χ3n) is 2.45. The highest BCUT2D eigenvalue weighted by Crippen LogP contribution is 2.25. The number of carbonyl (C=O) groups is 1. The maximum atomic E-state index is 11.8. The van der Waals surface area contributed by atoms with Crippen LogP contribution in [0.15, 0.2) is 26.1 Å². The van der Waals surface area contributed by atoms with Crippen molar-refractivity contribution < 1.29 is 9.90 Å². The molecule has 0 unspecified atom stereocenters. The second-order valence-corrected chi connectivity index (χ2v) is 6.88. The molecule has 0 aliphatic rings. The quantitative estimate of drug-likeness (QED) is 0.703. The molecule has 0 radical (unpaired) electrons. The molecule has 108 valence electrons. The Morgan fingerprint density at radius 1 is 1.33 bits per heavy atom. The lowest BCUT2D eigenvalue weighted by atomic mass is 10.3. The van der Waals surface area contributed by atoms with Gasteiger partial charge in [0.25, 0.3) is 5.56 Å². The van der Waals surface area contributed by atoms with Gasteiger partial charge in [-0.15, -0.1) is 11.3 Å². The SMILES string of the molecule is O=C(O)Cc1csc(SCc2cc(=O)n3ncsc3n2)n1. The highest BCUT2D eigenvalue weighted by Gasteiger charge is 2.09. The summed E-state index contributed by atoms with van der Waals surface area (Å²) in [5.74, 6) is -0.397. The van der Waals surface area contributed by atoms with Crippen molar-refractivity contribution in [2.45, 2.75) is 16.5 Å². The van der Waals surface area contributed by atoms with E-state index < -0.39 is 5.97 Å². The first-order valence-electron chi connectivity index (χ1n) is 5.73. The molecule has 0 bridgehead atoms. The molecule has 10 heteroatoms. The fraction of sp³-hybridized carbons (Fsp3) is 0.182. The molecule has 0 amide bonds. The molecular formula is C11H8N4O3S3. The van der Waals surface area contributed by atoms with Crippen molar-refractivity contribution in [3.8, 4) is 0 Å². The average Bonchev–Trinajstić information content (AvgIpc) is 3.04. The summed E-state index contributed by atoms with van der Waals surface area (Å²) in [6, 6.07) is 1.45. The Bertz CT molecular complexity index is 854. The normalized spacial score (nSPS) is 11.0. The van der Waals surface area contributed by atoms with Crippen molar-refractivity contribution in [3.63, 3.8) is 0 Å². The van der Waals surface area contributed by atoms with Gasteiger partial charge >= 0.3 is 5.97 Å². The van der Waals surface area contributed by atoms with E-state index in [1.165, 1.54) is 45.0 Å². The Balaban J connectivity index is 1.72. The summed E-state index contributed by atoms with van der Waals surface area (Å²) >= 11 is 4.12. The Morgan fingerprint density at radius 2 is 2.19 bits per heavy atom. The number of hydrogen-bond donors (Lipinski definition) is 1. The van der Waals surface area contributed by atoms with Crippen LogP contribution in [0.2, 0.25) is 0 Å². The number of fused-ring (bicyclic) bond motifs is 1. The molecule has 3 rings (SSSR count). The van der Waals surface area contributed by atoms with Crippen molar-refractivity contribution in [2.24, 2.45) is 0 Å². The van der Waals surface area contributed by atoms with E-state index in [-0.39, 0.29) is 12.0 Å². The lowest BCUT2D eigenvalue weighted by molar-refractivity contribution is -0.136. The van der Waals surface area contributed by atoms with Crippen LogP contribution in [0.5, 0.6) is 0 Å². The van der Waals surface area contributed by atoms with Crippen LogP contribution in [0.1, 0.15) is 11.4 Å². The molecular weight excluding hydrogens is 332 g/mol.